The molecule has 10 nitrogen and oxygen atoms in total. The zero-order chi connectivity index (χ0) is 18.7. The maximum absolute atomic E-state index is 11.3. The Hall–Kier alpha value is -2.49. The second kappa shape index (κ2) is 6.95. The van der Waals surface area contributed by atoms with Crippen molar-refractivity contribution in [1.29, 1.82) is 5.41 Å². The van der Waals surface area contributed by atoms with E-state index in [1.807, 2.05) is 0 Å². The second-order valence-corrected chi connectivity index (χ2v) is 6.20. The van der Waals surface area contributed by atoms with E-state index in [2.05, 4.69) is 0 Å². The third kappa shape index (κ3) is 3.70. The first-order valence-corrected chi connectivity index (χ1v) is 7.17. The monoisotopic (exact) mass is 344 g/mol. The first-order chi connectivity index (χ1) is 11.0. The summed E-state index contributed by atoms with van der Waals surface area (Å²) < 4.78 is 0. The maximum Gasteiger partial charge on any atom is 0.304 e. The van der Waals surface area contributed by atoms with E-state index in [0.717, 1.165) is 0 Å². The molecular formula is C14H20N2O8. The maximum atomic E-state index is 11.3. The summed E-state index contributed by atoms with van der Waals surface area (Å²) in [5, 5.41) is 45.1. The highest BCUT2D eigenvalue weighted by Crippen LogP contribution is 2.57. The van der Waals surface area contributed by atoms with Crippen LogP contribution in [0.25, 0.3) is 0 Å². The Morgan fingerprint density at radius 3 is 1.62 bits per heavy atom. The van der Waals surface area contributed by atoms with Crippen molar-refractivity contribution in [3.8, 4) is 0 Å². The van der Waals surface area contributed by atoms with E-state index in [0.29, 0.717) is 0 Å². The molecule has 0 heterocycles. The van der Waals surface area contributed by atoms with E-state index < -0.39 is 72.1 Å². The Morgan fingerprint density at radius 2 is 1.29 bits per heavy atom. The smallest absolute Gasteiger partial charge is 0.304 e. The number of rotatable bonds is 8. The largest absolute Gasteiger partial charge is 0.481 e. The van der Waals surface area contributed by atoms with E-state index in [4.69, 9.17) is 11.1 Å². The first-order valence-electron chi connectivity index (χ1n) is 7.17. The lowest BCUT2D eigenvalue weighted by Gasteiger charge is -2.53. The number of hydrogen-bond acceptors (Lipinski definition) is 6. The molecule has 0 saturated heterocycles. The van der Waals surface area contributed by atoms with Crippen LogP contribution in [0.15, 0.2) is 0 Å². The molecule has 1 saturated carbocycles. The quantitative estimate of drug-likeness (QED) is 0.350. The molecule has 24 heavy (non-hydrogen) atoms. The number of carbonyl (C=O) groups is 4. The van der Waals surface area contributed by atoms with E-state index in [1.54, 1.807) is 0 Å². The summed E-state index contributed by atoms with van der Waals surface area (Å²) in [6, 6.07) is -0.945. The van der Waals surface area contributed by atoms with Crippen LogP contribution in [0.4, 0.5) is 0 Å². The summed E-state index contributed by atoms with van der Waals surface area (Å²) in [4.78, 5) is 45.3. The minimum atomic E-state index is -1.97. The molecule has 1 aliphatic rings. The normalized spacial score (nSPS) is 21.9. The molecule has 1 aliphatic carbocycles. The number of nitrogens with two attached hydrogens (primary N) is 1. The van der Waals surface area contributed by atoms with Gasteiger partial charge in [-0.05, 0) is 12.8 Å². The van der Waals surface area contributed by atoms with Gasteiger partial charge in [-0.3, -0.25) is 19.2 Å². The molecule has 0 amide bonds. The fraction of sp³-hybridized carbons (Fsp3) is 0.643. The summed E-state index contributed by atoms with van der Waals surface area (Å²) in [5.41, 5.74) is 1.68. The molecule has 10 heteroatoms. The van der Waals surface area contributed by atoms with Gasteiger partial charge in [0.1, 0.15) is 0 Å². The topological polar surface area (TPSA) is 199 Å². The average molecular weight is 344 g/mol. The highest BCUT2D eigenvalue weighted by Gasteiger charge is 2.60. The predicted molar refractivity (Wildman–Crippen MR) is 78.8 cm³/mol. The molecule has 0 aromatic rings. The molecule has 1 atom stereocenters. The highest BCUT2D eigenvalue weighted by molar-refractivity contribution is 5.99. The van der Waals surface area contributed by atoms with Crippen LogP contribution < -0.4 is 5.73 Å². The van der Waals surface area contributed by atoms with Gasteiger partial charge in [-0.25, -0.2) is 0 Å². The first kappa shape index (κ1) is 19.6. The van der Waals surface area contributed by atoms with Crippen molar-refractivity contribution in [1.82, 2.24) is 0 Å². The zero-order valence-corrected chi connectivity index (χ0v) is 12.8. The van der Waals surface area contributed by atoms with Crippen molar-refractivity contribution in [2.45, 2.75) is 44.6 Å². The molecular weight excluding hydrogens is 324 g/mol. The number of hydrogen-bond donors (Lipinski definition) is 6. The van der Waals surface area contributed by atoms with Gasteiger partial charge in [-0.2, -0.15) is 0 Å². The van der Waals surface area contributed by atoms with Gasteiger partial charge in [-0.1, -0.05) is 0 Å². The van der Waals surface area contributed by atoms with E-state index in [1.165, 1.54) is 0 Å². The summed E-state index contributed by atoms with van der Waals surface area (Å²) in [6.07, 6.45) is -3.25. The fourth-order valence-corrected chi connectivity index (χ4v) is 3.76. The number of aliphatic carboxylic acids is 4. The average Bonchev–Trinajstić information content (AvgIpc) is 2.38. The number of carboxylic acid groups (broad SMARTS) is 4. The van der Waals surface area contributed by atoms with Gasteiger partial charge < -0.3 is 31.6 Å². The SMILES string of the molecule is N=C1C(N)CCC(CC(=O)O)(CC(=O)O)C1(CC(=O)O)CC(=O)O. The predicted octanol–water partition coefficient (Wildman–Crippen LogP) is -0.00113. The Labute approximate surface area is 136 Å². The fourth-order valence-electron chi connectivity index (χ4n) is 3.76. The van der Waals surface area contributed by atoms with Crippen LogP contribution in [0, 0.1) is 16.2 Å². The molecule has 1 unspecified atom stereocenters. The zero-order valence-electron chi connectivity index (χ0n) is 12.8. The Kier molecular flexibility index (Phi) is 5.67. The number of carboxylic acids is 4. The lowest BCUT2D eigenvalue weighted by Crippen LogP contribution is -2.60. The van der Waals surface area contributed by atoms with Gasteiger partial charge in [0.05, 0.1) is 25.7 Å². The molecule has 0 radical (unpaired) electrons. The van der Waals surface area contributed by atoms with Gasteiger partial charge >= 0.3 is 23.9 Å². The molecule has 7 N–H and O–H groups in total. The van der Waals surface area contributed by atoms with Crippen molar-refractivity contribution in [2.75, 3.05) is 0 Å². The Morgan fingerprint density at radius 1 is 0.917 bits per heavy atom. The summed E-state index contributed by atoms with van der Waals surface area (Å²) in [6.45, 7) is 0. The Bertz CT molecular complexity index is 553. The molecule has 1 fully saturated rings. The van der Waals surface area contributed by atoms with Crippen LogP contribution in [0.1, 0.15) is 38.5 Å². The van der Waals surface area contributed by atoms with Crippen molar-refractivity contribution >= 4 is 29.6 Å². The third-order valence-corrected chi connectivity index (χ3v) is 4.72. The lowest BCUT2D eigenvalue weighted by molar-refractivity contribution is -0.158. The van der Waals surface area contributed by atoms with Crippen molar-refractivity contribution < 1.29 is 39.6 Å². The van der Waals surface area contributed by atoms with Gasteiger partial charge in [0, 0.05) is 22.6 Å². The van der Waals surface area contributed by atoms with E-state index in [9.17, 15) is 39.6 Å². The highest BCUT2D eigenvalue weighted by atomic mass is 16.4. The third-order valence-electron chi connectivity index (χ3n) is 4.72. The van der Waals surface area contributed by atoms with Gasteiger partial charge in [-0.15, -0.1) is 0 Å². The lowest BCUT2D eigenvalue weighted by atomic mass is 9.49. The molecule has 1 rings (SSSR count). The van der Waals surface area contributed by atoms with Crippen LogP contribution in [0.2, 0.25) is 0 Å². The summed E-state index contributed by atoms with van der Waals surface area (Å²) in [7, 11) is 0. The van der Waals surface area contributed by atoms with Gasteiger partial charge in [0.2, 0.25) is 0 Å². The van der Waals surface area contributed by atoms with Crippen molar-refractivity contribution in [3.63, 3.8) is 0 Å². The molecule has 0 bridgehead atoms. The molecule has 134 valence electrons. The van der Waals surface area contributed by atoms with Crippen LogP contribution in [0.3, 0.4) is 0 Å². The Balaban J connectivity index is 3.64. The molecule has 0 spiro atoms. The molecule has 0 aromatic carbocycles. The van der Waals surface area contributed by atoms with E-state index >= 15 is 0 Å². The van der Waals surface area contributed by atoms with Crippen LogP contribution in [-0.2, 0) is 19.2 Å². The second-order valence-electron chi connectivity index (χ2n) is 6.20. The summed E-state index contributed by atoms with van der Waals surface area (Å²) >= 11 is 0. The van der Waals surface area contributed by atoms with Gasteiger partial charge in [0.25, 0.3) is 0 Å². The standard InChI is InChI=1S/C14H20N2O8/c15-7-1-2-13(3-8(17)18,4-9(19)20)14(12(7)16,5-10(21)22)6-11(23)24/h7,16H,1-6,15H2,(H,17,18)(H,19,20)(H,21,22)(H,23,24). The summed E-state index contributed by atoms with van der Waals surface area (Å²) in [5.74, 6) is -5.68. The minimum absolute atomic E-state index is 0.0837. The van der Waals surface area contributed by atoms with Crippen LogP contribution in [0.5, 0.6) is 0 Å². The van der Waals surface area contributed by atoms with E-state index in [-0.39, 0.29) is 12.8 Å². The van der Waals surface area contributed by atoms with Crippen molar-refractivity contribution in [3.05, 3.63) is 0 Å². The molecule has 0 aliphatic heterocycles. The van der Waals surface area contributed by atoms with Crippen LogP contribution >= 0.6 is 0 Å². The minimum Gasteiger partial charge on any atom is -0.481 e. The number of nitrogens with one attached hydrogen (secondary N) is 1. The van der Waals surface area contributed by atoms with Crippen LogP contribution in [-0.4, -0.2) is 56.1 Å². The van der Waals surface area contributed by atoms with Gasteiger partial charge in [0.15, 0.2) is 0 Å². The van der Waals surface area contributed by atoms with Crippen molar-refractivity contribution in [2.24, 2.45) is 16.6 Å². The molecule has 0 aromatic heterocycles.